The maximum Gasteiger partial charge on any atom is 0.251 e. The highest BCUT2D eigenvalue weighted by molar-refractivity contribution is 5.95. The number of carbonyl (C=O) groups excluding carboxylic acids is 2. The van der Waals surface area contributed by atoms with E-state index in [4.69, 9.17) is 14.2 Å². The van der Waals surface area contributed by atoms with Gasteiger partial charge in [-0.1, -0.05) is 0 Å². The summed E-state index contributed by atoms with van der Waals surface area (Å²) in [5, 5.41) is 2.85. The van der Waals surface area contributed by atoms with Crippen molar-refractivity contribution < 1.29 is 23.8 Å². The van der Waals surface area contributed by atoms with Crippen molar-refractivity contribution in [1.82, 2.24) is 10.2 Å². The Morgan fingerprint density at radius 3 is 2.26 bits per heavy atom. The van der Waals surface area contributed by atoms with Gasteiger partial charge in [-0.25, -0.2) is 0 Å². The summed E-state index contributed by atoms with van der Waals surface area (Å²) in [5.41, 5.74) is 0.414. The molecule has 1 aromatic rings. The van der Waals surface area contributed by atoms with Gasteiger partial charge in [-0.15, -0.1) is 0 Å². The van der Waals surface area contributed by atoms with Gasteiger partial charge in [-0.05, 0) is 12.1 Å². The zero-order valence-corrected chi connectivity index (χ0v) is 13.8. The van der Waals surface area contributed by atoms with Gasteiger partial charge in [-0.2, -0.15) is 0 Å². The molecule has 2 amide bonds. The van der Waals surface area contributed by atoms with Gasteiger partial charge >= 0.3 is 0 Å². The number of nitrogens with one attached hydrogen (secondary N) is 1. The van der Waals surface area contributed by atoms with Crippen molar-refractivity contribution in [3.05, 3.63) is 17.7 Å². The maximum absolute atomic E-state index is 12.3. The lowest BCUT2D eigenvalue weighted by atomic mass is 10.1. The van der Waals surface area contributed by atoms with Crippen LogP contribution in [0.4, 0.5) is 0 Å². The minimum Gasteiger partial charge on any atom is -0.493 e. The Morgan fingerprint density at radius 2 is 1.83 bits per heavy atom. The van der Waals surface area contributed by atoms with Crippen LogP contribution in [-0.4, -0.2) is 58.2 Å². The zero-order chi connectivity index (χ0) is 17.0. The van der Waals surface area contributed by atoms with Crippen molar-refractivity contribution >= 4 is 11.8 Å². The van der Waals surface area contributed by atoms with Crippen LogP contribution in [0.2, 0.25) is 0 Å². The maximum atomic E-state index is 12.3. The lowest BCUT2D eigenvalue weighted by molar-refractivity contribution is -0.126. The van der Waals surface area contributed by atoms with Gasteiger partial charge in [0.15, 0.2) is 11.5 Å². The normalized spacial score (nSPS) is 17.1. The number of methoxy groups -OCH3 is 3. The number of carbonyl (C=O) groups is 2. The number of benzene rings is 1. The van der Waals surface area contributed by atoms with Crippen LogP contribution in [0, 0.1) is 5.92 Å². The van der Waals surface area contributed by atoms with Crippen molar-refractivity contribution in [2.24, 2.45) is 5.92 Å². The number of likely N-dealkylation sites (tertiary alicyclic amines) is 1. The van der Waals surface area contributed by atoms with Gasteiger partial charge in [0, 0.05) is 38.0 Å². The van der Waals surface area contributed by atoms with E-state index < -0.39 is 0 Å². The lowest BCUT2D eigenvalue weighted by Crippen LogP contribution is -2.30. The first kappa shape index (κ1) is 16.9. The zero-order valence-electron chi connectivity index (χ0n) is 13.8. The standard InChI is InChI=1S/C16H22N2O5/c1-18-9-10(5-14(18)19)8-17-16(20)11-6-12(21-2)15(23-4)13(7-11)22-3/h6-7,10H,5,8-9H2,1-4H3,(H,17,20). The molecule has 0 bridgehead atoms. The largest absolute Gasteiger partial charge is 0.493 e. The minimum atomic E-state index is -0.244. The number of hydrogen-bond donors (Lipinski definition) is 1. The van der Waals surface area contributed by atoms with E-state index in [9.17, 15) is 9.59 Å². The molecule has 1 N–H and O–H groups in total. The fourth-order valence-electron chi connectivity index (χ4n) is 2.64. The summed E-state index contributed by atoms with van der Waals surface area (Å²) in [6, 6.07) is 3.20. The van der Waals surface area contributed by atoms with E-state index in [0.717, 1.165) is 0 Å². The second kappa shape index (κ2) is 7.21. The molecule has 1 fully saturated rings. The second-order valence-electron chi connectivity index (χ2n) is 5.47. The number of nitrogens with zero attached hydrogens (tertiary/aromatic N) is 1. The lowest BCUT2D eigenvalue weighted by Gasteiger charge is -2.15. The summed E-state index contributed by atoms with van der Waals surface area (Å²) in [6.45, 7) is 1.11. The second-order valence-corrected chi connectivity index (χ2v) is 5.47. The molecule has 0 aromatic heterocycles. The number of amides is 2. The Labute approximate surface area is 135 Å². The highest BCUT2D eigenvalue weighted by atomic mass is 16.5. The van der Waals surface area contributed by atoms with Crippen LogP contribution in [0.15, 0.2) is 12.1 Å². The van der Waals surface area contributed by atoms with Crippen molar-refractivity contribution in [2.75, 3.05) is 41.5 Å². The smallest absolute Gasteiger partial charge is 0.251 e. The van der Waals surface area contributed by atoms with Gasteiger partial charge in [0.1, 0.15) is 0 Å². The Balaban J connectivity index is 2.08. The molecule has 0 aliphatic carbocycles. The molecule has 23 heavy (non-hydrogen) atoms. The highest BCUT2D eigenvalue weighted by Crippen LogP contribution is 2.38. The summed E-state index contributed by atoms with van der Waals surface area (Å²) in [7, 11) is 6.27. The van der Waals surface area contributed by atoms with Crippen molar-refractivity contribution in [1.29, 1.82) is 0 Å². The van der Waals surface area contributed by atoms with E-state index >= 15 is 0 Å². The molecule has 1 atom stereocenters. The molecule has 0 spiro atoms. The highest BCUT2D eigenvalue weighted by Gasteiger charge is 2.27. The first-order chi connectivity index (χ1) is 11.0. The summed E-state index contributed by atoms with van der Waals surface area (Å²) in [5.74, 6) is 1.29. The molecule has 1 aliphatic heterocycles. The van der Waals surface area contributed by atoms with E-state index in [1.54, 1.807) is 24.1 Å². The third-order valence-corrected chi connectivity index (χ3v) is 3.90. The Hall–Kier alpha value is -2.44. The van der Waals surface area contributed by atoms with Crippen molar-refractivity contribution in [3.8, 4) is 17.2 Å². The van der Waals surface area contributed by atoms with Crippen LogP contribution >= 0.6 is 0 Å². The molecule has 126 valence electrons. The summed E-state index contributed by atoms with van der Waals surface area (Å²) < 4.78 is 15.7. The van der Waals surface area contributed by atoms with E-state index in [2.05, 4.69) is 5.32 Å². The molecular weight excluding hydrogens is 300 g/mol. The predicted molar refractivity (Wildman–Crippen MR) is 84.2 cm³/mol. The van der Waals surface area contributed by atoms with Crippen LogP contribution in [0.1, 0.15) is 16.8 Å². The Kier molecular flexibility index (Phi) is 5.31. The van der Waals surface area contributed by atoms with Crippen LogP contribution in [0.5, 0.6) is 17.2 Å². The van der Waals surface area contributed by atoms with Crippen molar-refractivity contribution in [3.63, 3.8) is 0 Å². The van der Waals surface area contributed by atoms with E-state index in [1.165, 1.54) is 21.3 Å². The first-order valence-electron chi connectivity index (χ1n) is 7.32. The molecule has 7 nitrogen and oxygen atoms in total. The topological polar surface area (TPSA) is 77.1 Å². The van der Waals surface area contributed by atoms with Crippen LogP contribution < -0.4 is 19.5 Å². The number of ether oxygens (including phenoxy) is 3. The molecule has 1 aromatic carbocycles. The van der Waals surface area contributed by atoms with Crippen molar-refractivity contribution in [2.45, 2.75) is 6.42 Å². The third kappa shape index (κ3) is 3.67. The summed E-state index contributed by atoms with van der Waals surface area (Å²) in [4.78, 5) is 25.5. The summed E-state index contributed by atoms with van der Waals surface area (Å²) in [6.07, 6.45) is 0.464. The Morgan fingerprint density at radius 1 is 1.22 bits per heavy atom. The van der Waals surface area contributed by atoms with Gasteiger partial charge < -0.3 is 24.4 Å². The molecule has 7 heteroatoms. The van der Waals surface area contributed by atoms with Gasteiger partial charge in [0.05, 0.1) is 21.3 Å². The molecule has 1 heterocycles. The molecular formula is C16H22N2O5. The van der Waals surface area contributed by atoms with Gasteiger partial charge in [0.25, 0.3) is 5.91 Å². The third-order valence-electron chi connectivity index (χ3n) is 3.90. The quantitative estimate of drug-likeness (QED) is 0.843. The van der Waals surface area contributed by atoms with E-state index in [0.29, 0.717) is 42.3 Å². The number of hydrogen-bond acceptors (Lipinski definition) is 5. The minimum absolute atomic E-state index is 0.108. The predicted octanol–water partition coefficient (Wildman–Crippen LogP) is 0.920. The molecule has 1 aliphatic rings. The van der Waals surface area contributed by atoms with Gasteiger partial charge in [0.2, 0.25) is 11.7 Å². The molecule has 2 rings (SSSR count). The molecule has 0 saturated carbocycles. The first-order valence-corrected chi connectivity index (χ1v) is 7.32. The van der Waals surface area contributed by atoms with Gasteiger partial charge in [-0.3, -0.25) is 9.59 Å². The monoisotopic (exact) mass is 322 g/mol. The molecule has 1 saturated heterocycles. The fraction of sp³-hybridized carbons (Fsp3) is 0.500. The van der Waals surface area contributed by atoms with Crippen LogP contribution in [-0.2, 0) is 4.79 Å². The van der Waals surface area contributed by atoms with Crippen LogP contribution in [0.25, 0.3) is 0 Å². The Bertz CT molecular complexity index is 577. The molecule has 0 radical (unpaired) electrons. The summed E-state index contributed by atoms with van der Waals surface area (Å²) >= 11 is 0. The van der Waals surface area contributed by atoms with E-state index in [-0.39, 0.29) is 17.7 Å². The molecule has 1 unspecified atom stereocenters. The number of rotatable bonds is 6. The fourth-order valence-corrected chi connectivity index (χ4v) is 2.64. The average molecular weight is 322 g/mol. The SMILES string of the molecule is COc1cc(C(=O)NCC2CC(=O)N(C)C2)cc(OC)c1OC. The van der Waals surface area contributed by atoms with Crippen LogP contribution in [0.3, 0.4) is 0 Å². The van der Waals surface area contributed by atoms with E-state index in [1.807, 2.05) is 0 Å². The average Bonchev–Trinajstić information content (AvgIpc) is 2.89.